The van der Waals surface area contributed by atoms with Gasteiger partial charge in [0.15, 0.2) is 5.78 Å². The Morgan fingerprint density at radius 1 is 1.37 bits per heavy atom. The van der Waals surface area contributed by atoms with Gasteiger partial charge in [-0.1, -0.05) is 19.1 Å². The summed E-state index contributed by atoms with van der Waals surface area (Å²) in [6, 6.07) is 4.61. The minimum atomic E-state index is -0.335. The van der Waals surface area contributed by atoms with E-state index in [1.807, 2.05) is 6.92 Å². The van der Waals surface area contributed by atoms with E-state index in [1.165, 1.54) is 6.07 Å². The van der Waals surface area contributed by atoms with Crippen molar-refractivity contribution >= 4 is 5.78 Å². The molecule has 0 radical (unpaired) electrons. The van der Waals surface area contributed by atoms with E-state index in [-0.39, 0.29) is 18.2 Å². The van der Waals surface area contributed by atoms with Crippen LogP contribution in [0.4, 0.5) is 4.39 Å². The lowest BCUT2D eigenvalue weighted by molar-refractivity contribution is 0.0963. The maximum atomic E-state index is 13.4. The molecule has 0 saturated heterocycles. The van der Waals surface area contributed by atoms with Crippen molar-refractivity contribution in [2.24, 2.45) is 0 Å². The van der Waals surface area contributed by atoms with Crippen LogP contribution in [-0.4, -0.2) is 42.0 Å². The molecule has 19 heavy (non-hydrogen) atoms. The predicted molar refractivity (Wildman–Crippen MR) is 73.9 cm³/mol. The van der Waals surface area contributed by atoms with Crippen LogP contribution in [0.1, 0.15) is 35.7 Å². The lowest BCUT2D eigenvalue weighted by Crippen LogP contribution is -2.27. The zero-order valence-corrected chi connectivity index (χ0v) is 11.7. The van der Waals surface area contributed by atoms with Crippen LogP contribution >= 0.6 is 0 Å². The van der Waals surface area contributed by atoms with Gasteiger partial charge in [-0.3, -0.25) is 4.79 Å². The summed E-state index contributed by atoms with van der Waals surface area (Å²) in [7, 11) is 0. The molecule has 4 heteroatoms. The largest absolute Gasteiger partial charge is 0.396 e. The van der Waals surface area contributed by atoms with Crippen molar-refractivity contribution in [2.75, 3.05) is 26.2 Å². The first-order valence-corrected chi connectivity index (χ1v) is 6.71. The molecule has 0 fully saturated rings. The van der Waals surface area contributed by atoms with Gasteiger partial charge in [0.1, 0.15) is 5.82 Å². The zero-order chi connectivity index (χ0) is 14.3. The minimum Gasteiger partial charge on any atom is -0.396 e. The number of aliphatic hydroxyl groups excluding tert-OH is 1. The number of hydrogen-bond acceptors (Lipinski definition) is 3. The molecule has 0 aromatic heterocycles. The van der Waals surface area contributed by atoms with Gasteiger partial charge < -0.3 is 10.0 Å². The van der Waals surface area contributed by atoms with Crippen LogP contribution < -0.4 is 0 Å². The minimum absolute atomic E-state index is 0.0404. The van der Waals surface area contributed by atoms with Gasteiger partial charge >= 0.3 is 0 Å². The fourth-order valence-electron chi connectivity index (χ4n) is 1.89. The Balaban J connectivity index is 2.52. The molecule has 0 amide bonds. The topological polar surface area (TPSA) is 40.5 Å². The van der Waals surface area contributed by atoms with Crippen LogP contribution in [0.2, 0.25) is 0 Å². The van der Waals surface area contributed by atoms with Crippen LogP contribution in [0.3, 0.4) is 0 Å². The summed E-state index contributed by atoms with van der Waals surface area (Å²) in [5.41, 5.74) is 0.982. The molecule has 0 aliphatic carbocycles. The normalized spacial score (nSPS) is 11.0. The third kappa shape index (κ3) is 5.09. The Morgan fingerprint density at radius 3 is 2.68 bits per heavy atom. The number of aliphatic hydroxyl groups is 1. The first-order chi connectivity index (χ1) is 9.08. The third-order valence-corrected chi connectivity index (χ3v) is 3.23. The van der Waals surface area contributed by atoms with Crippen LogP contribution in [0.15, 0.2) is 18.2 Å². The monoisotopic (exact) mass is 267 g/mol. The molecule has 0 aliphatic rings. The van der Waals surface area contributed by atoms with Crippen LogP contribution in [0.25, 0.3) is 0 Å². The highest BCUT2D eigenvalue weighted by Gasteiger charge is 2.10. The van der Waals surface area contributed by atoms with Crippen LogP contribution in [0.5, 0.6) is 0 Å². The van der Waals surface area contributed by atoms with Gasteiger partial charge in [-0.25, -0.2) is 4.39 Å². The lowest BCUT2D eigenvalue weighted by atomic mass is 10.1. The van der Waals surface area contributed by atoms with E-state index >= 15 is 0 Å². The number of nitrogens with zero attached hydrogens (tertiary/aromatic N) is 1. The van der Waals surface area contributed by atoms with Gasteiger partial charge in [-0.05, 0) is 31.5 Å². The van der Waals surface area contributed by atoms with Gasteiger partial charge in [-0.2, -0.15) is 0 Å². The summed E-state index contributed by atoms with van der Waals surface area (Å²) in [6.45, 7) is 6.13. The fourth-order valence-corrected chi connectivity index (χ4v) is 1.89. The average Bonchev–Trinajstić information content (AvgIpc) is 2.41. The Labute approximate surface area is 114 Å². The van der Waals surface area contributed by atoms with Crippen molar-refractivity contribution in [3.8, 4) is 0 Å². The highest BCUT2D eigenvalue weighted by molar-refractivity contribution is 5.96. The van der Waals surface area contributed by atoms with E-state index < -0.39 is 0 Å². The molecule has 1 aromatic rings. The second kappa shape index (κ2) is 8.02. The molecule has 0 unspecified atom stereocenters. The first-order valence-electron chi connectivity index (χ1n) is 6.71. The molecule has 0 bridgehead atoms. The molecule has 0 spiro atoms. The number of hydrogen-bond donors (Lipinski definition) is 1. The Hall–Kier alpha value is -1.26. The Bertz CT molecular complexity index is 421. The summed E-state index contributed by atoms with van der Waals surface area (Å²) in [6.07, 6.45) is 1.09. The van der Waals surface area contributed by atoms with E-state index in [0.717, 1.165) is 13.1 Å². The standard InChI is InChI=1S/C15H22FNO2/c1-3-17(8-4-10-18)9-7-15(19)13-6-5-12(2)14(16)11-13/h5-6,11,18H,3-4,7-10H2,1-2H3. The Morgan fingerprint density at radius 2 is 2.11 bits per heavy atom. The van der Waals surface area contributed by atoms with E-state index in [2.05, 4.69) is 4.90 Å². The fraction of sp³-hybridized carbons (Fsp3) is 0.533. The number of benzene rings is 1. The van der Waals surface area contributed by atoms with Crippen molar-refractivity contribution in [3.63, 3.8) is 0 Å². The van der Waals surface area contributed by atoms with E-state index in [9.17, 15) is 9.18 Å². The molecule has 0 heterocycles. The third-order valence-electron chi connectivity index (χ3n) is 3.23. The smallest absolute Gasteiger partial charge is 0.164 e. The van der Waals surface area contributed by atoms with E-state index in [1.54, 1.807) is 19.1 Å². The van der Waals surface area contributed by atoms with Gasteiger partial charge in [0.25, 0.3) is 0 Å². The summed E-state index contributed by atoms with van der Waals surface area (Å²) < 4.78 is 13.4. The quantitative estimate of drug-likeness (QED) is 0.735. The molecule has 3 nitrogen and oxygen atoms in total. The summed E-state index contributed by atoms with van der Waals surface area (Å²) in [4.78, 5) is 14.1. The maximum absolute atomic E-state index is 13.4. The molecular formula is C15H22FNO2. The number of Topliss-reactive ketones (excluding diaryl/α,β-unsaturated/α-hetero) is 1. The van der Waals surface area contributed by atoms with Crippen molar-refractivity contribution in [1.82, 2.24) is 4.90 Å². The molecule has 1 rings (SSSR count). The number of ketones is 1. The van der Waals surface area contributed by atoms with E-state index in [0.29, 0.717) is 30.5 Å². The van der Waals surface area contributed by atoms with Gasteiger partial charge in [0.2, 0.25) is 0 Å². The lowest BCUT2D eigenvalue weighted by Gasteiger charge is -2.19. The number of rotatable bonds is 8. The van der Waals surface area contributed by atoms with Crippen molar-refractivity contribution < 1.29 is 14.3 Å². The Kier molecular flexibility index (Phi) is 6.67. The first kappa shape index (κ1) is 15.8. The van der Waals surface area contributed by atoms with E-state index in [4.69, 9.17) is 5.11 Å². The summed E-state index contributed by atoms with van der Waals surface area (Å²) in [5.74, 6) is -0.375. The second-order valence-electron chi connectivity index (χ2n) is 4.65. The maximum Gasteiger partial charge on any atom is 0.164 e. The molecule has 1 N–H and O–H groups in total. The summed E-state index contributed by atoms with van der Waals surface area (Å²) in [5, 5.41) is 8.79. The number of halogens is 1. The van der Waals surface area contributed by atoms with Crippen LogP contribution in [-0.2, 0) is 0 Å². The van der Waals surface area contributed by atoms with Crippen molar-refractivity contribution in [3.05, 3.63) is 35.1 Å². The second-order valence-corrected chi connectivity index (χ2v) is 4.65. The van der Waals surface area contributed by atoms with Gasteiger partial charge in [0.05, 0.1) is 0 Å². The molecule has 0 atom stereocenters. The van der Waals surface area contributed by atoms with Crippen LogP contribution in [0, 0.1) is 12.7 Å². The molecule has 1 aromatic carbocycles. The van der Waals surface area contributed by atoms with Gasteiger partial charge in [-0.15, -0.1) is 0 Å². The zero-order valence-electron chi connectivity index (χ0n) is 11.7. The number of aryl methyl sites for hydroxylation is 1. The molecule has 106 valence electrons. The highest BCUT2D eigenvalue weighted by Crippen LogP contribution is 2.11. The van der Waals surface area contributed by atoms with Crippen molar-refractivity contribution in [1.29, 1.82) is 0 Å². The highest BCUT2D eigenvalue weighted by atomic mass is 19.1. The number of carbonyl (C=O) groups excluding carboxylic acids is 1. The number of carbonyl (C=O) groups is 1. The predicted octanol–water partition coefficient (Wildman–Crippen LogP) is 2.41. The summed E-state index contributed by atoms with van der Waals surface area (Å²) >= 11 is 0. The average molecular weight is 267 g/mol. The molecule has 0 aliphatic heterocycles. The van der Waals surface area contributed by atoms with Crippen molar-refractivity contribution in [2.45, 2.75) is 26.7 Å². The SMILES string of the molecule is CCN(CCCO)CCC(=O)c1ccc(C)c(F)c1. The molecule has 0 saturated carbocycles. The molecular weight excluding hydrogens is 245 g/mol. The van der Waals surface area contributed by atoms with Gasteiger partial charge in [0, 0.05) is 31.7 Å².